The average Bonchev–Trinajstić information content (AvgIpc) is 2.47. The van der Waals surface area contributed by atoms with Crippen LogP contribution in [0.15, 0.2) is 18.2 Å². The molecule has 0 radical (unpaired) electrons. The monoisotopic (exact) mass is 280 g/mol. The molecule has 3 heteroatoms. The van der Waals surface area contributed by atoms with Crippen LogP contribution in [0.4, 0.5) is 0 Å². The molecule has 1 aromatic carbocycles. The molecule has 1 unspecified atom stereocenters. The van der Waals surface area contributed by atoms with Crippen molar-refractivity contribution in [3.63, 3.8) is 0 Å². The van der Waals surface area contributed by atoms with E-state index >= 15 is 0 Å². The van der Waals surface area contributed by atoms with E-state index in [1.54, 1.807) is 0 Å². The zero-order valence-electron chi connectivity index (χ0n) is 11.5. The van der Waals surface area contributed by atoms with E-state index in [2.05, 4.69) is 19.1 Å². The van der Waals surface area contributed by atoms with Gasteiger partial charge in [0.2, 0.25) is 0 Å². The van der Waals surface area contributed by atoms with Crippen molar-refractivity contribution in [2.45, 2.75) is 44.4 Å². The molecule has 1 atom stereocenters. The van der Waals surface area contributed by atoms with E-state index in [9.17, 15) is 0 Å². The summed E-state index contributed by atoms with van der Waals surface area (Å²) in [6.45, 7) is 3.58. The normalized spacial score (nSPS) is 22.8. The SMILES string of the molecule is CC1(C(Cl)c2ccc3c(c2)OCCO3)CCCCC1. The Hall–Kier alpha value is -0.890. The van der Waals surface area contributed by atoms with Crippen molar-refractivity contribution < 1.29 is 9.47 Å². The van der Waals surface area contributed by atoms with E-state index in [0.717, 1.165) is 17.1 Å². The third kappa shape index (κ3) is 2.55. The van der Waals surface area contributed by atoms with E-state index in [-0.39, 0.29) is 10.8 Å². The smallest absolute Gasteiger partial charge is 0.161 e. The molecule has 2 nitrogen and oxygen atoms in total. The quantitative estimate of drug-likeness (QED) is 0.731. The predicted molar refractivity (Wildman–Crippen MR) is 77.2 cm³/mol. The lowest BCUT2D eigenvalue weighted by Gasteiger charge is -2.38. The first kappa shape index (κ1) is 13.1. The summed E-state index contributed by atoms with van der Waals surface area (Å²) in [7, 11) is 0. The Balaban J connectivity index is 1.84. The number of rotatable bonds is 2. The summed E-state index contributed by atoms with van der Waals surface area (Å²) in [5.41, 5.74) is 1.37. The minimum atomic E-state index is 0.0589. The summed E-state index contributed by atoms with van der Waals surface area (Å²) >= 11 is 6.77. The second-order valence-electron chi connectivity index (χ2n) is 5.98. The van der Waals surface area contributed by atoms with E-state index in [4.69, 9.17) is 21.1 Å². The molecule has 1 aromatic rings. The summed E-state index contributed by atoms with van der Waals surface area (Å²) in [5, 5.41) is 0.0589. The molecule has 0 amide bonds. The van der Waals surface area contributed by atoms with Gasteiger partial charge in [-0.1, -0.05) is 32.3 Å². The van der Waals surface area contributed by atoms with Crippen LogP contribution in [0.25, 0.3) is 0 Å². The zero-order chi connectivity index (χ0) is 13.3. The fraction of sp³-hybridized carbons (Fsp3) is 0.625. The van der Waals surface area contributed by atoms with Crippen molar-refractivity contribution in [2.75, 3.05) is 13.2 Å². The van der Waals surface area contributed by atoms with Crippen LogP contribution >= 0.6 is 11.6 Å². The maximum absolute atomic E-state index is 6.77. The van der Waals surface area contributed by atoms with Crippen LogP contribution in [0.2, 0.25) is 0 Å². The highest BCUT2D eigenvalue weighted by Gasteiger charge is 2.35. The number of halogens is 1. The van der Waals surface area contributed by atoms with Gasteiger partial charge in [-0.15, -0.1) is 11.6 Å². The summed E-state index contributed by atoms with van der Waals surface area (Å²) < 4.78 is 11.2. The van der Waals surface area contributed by atoms with Crippen molar-refractivity contribution in [3.05, 3.63) is 23.8 Å². The third-order valence-corrected chi connectivity index (χ3v) is 5.25. The van der Waals surface area contributed by atoms with Crippen LogP contribution in [0.1, 0.15) is 50.0 Å². The van der Waals surface area contributed by atoms with E-state index < -0.39 is 0 Å². The molecule has 19 heavy (non-hydrogen) atoms. The van der Waals surface area contributed by atoms with Crippen molar-refractivity contribution >= 4 is 11.6 Å². The van der Waals surface area contributed by atoms with Crippen LogP contribution in [0.5, 0.6) is 11.5 Å². The average molecular weight is 281 g/mol. The van der Waals surface area contributed by atoms with Gasteiger partial charge in [-0.3, -0.25) is 0 Å². The molecule has 1 saturated carbocycles. The molecule has 1 heterocycles. The fourth-order valence-corrected chi connectivity index (χ4v) is 3.59. The van der Waals surface area contributed by atoms with Crippen LogP contribution in [0, 0.1) is 5.41 Å². The van der Waals surface area contributed by atoms with Gasteiger partial charge in [-0.25, -0.2) is 0 Å². The van der Waals surface area contributed by atoms with Crippen LogP contribution < -0.4 is 9.47 Å². The summed E-state index contributed by atoms with van der Waals surface area (Å²) in [6, 6.07) is 6.14. The Bertz CT molecular complexity index is 452. The second kappa shape index (κ2) is 5.24. The lowest BCUT2D eigenvalue weighted by molar-refractivity contribution is 0.170. The highest BCUT2D eigenvalue weighted by molar-refractivity contribution is 6.21. The molecule has 0 spiro atoms. The van der Waals surface area contributed by atoms with Gasteiger partial charge in [0.1, 0.15) is 13.2 Å². The standard InChI is InChI=1S/C16H21ClO2/c1-16(7-3-2-4-8-16)15(17)12-5-6-13-14(11-12)19-10-9-18-13/h5-6,11,15H,2-4,7-10H2,1H3. The van der Waals surface area contributed by atoms with Gasteiger partial charge in [0.25, 0.3) is 0 Å². The molecule has 0 N–H and O–H groups in total. The lowest BCUT2D eigenvalue weighted by Crippen LogP contribution is -2.25. The molecule has 1 aliphatic carbocycles. The number of hydrogen-bond donors (Lipinski definition) is 0. The maximum atomic E-state index is 6.77. The number of hydrogen-bond acceptors (Lipinski definition) is 2. The van der Waals surface area contributed by atoms with Gasteiger partial charge in [-0.2, -0.15) is 0 Å². The van der Waals surface area contributed by atoms with Gasteiger partial charge in [0.05, 0.1) is 5.38 Å². The summed E-state index contributed by atoms with van der Waals surface area (Å²) in [4.78, 5) is 0. The van der Waals surface area contributed by atoms with Crippen molar-refractivity contribution in [1.29, 1.82) is 0 Å². The minimum absolute atomic E-state index is 0.0589. The first-order valence-electron chi connectivity index (χ1n) is 7.23. The Morgan fingerprint density at radius 3 is 2.47 bits per heavy atom. The highest BCUT2D eigenvalue weighted by atomic mass is 35.5. The number of ether oxygens (including phenoxy) is 2. The molecule has 104 valence electrons. The molecule has 0 bridgehead atoms. The van der Waals surface area contributed by atoms with Gasteiger partial charge in [0, 0.05) is 0 Å². The molecular weight excluding hydrogens is 260 g/mol. The fourth-order valence-electron chi connectivity index (χ4n) is 3.23. The molecule has 0 saturated heterocycles. The number of alkyl halides is 1. The minimum Gasteiger partial charge on any atom is -0.486 e. The molecule has 0 aromatic heterocycles. The van der Waals surface area contributed by atoms with Gasteiger partial charge < -0.3 is 9.47 Å². The Morgan fingerprint density at radius 2 is 1.74 bits per heavy atom. The van der Waals surface area contributed by atoms with Crippen LogP contribution in [0.3, 0.4) is 0 Å². The lowest BCUT2D eigenvalue weighted by atomic mass is 9.71. The Labute approximate surface area is 120 Å². The summed E-state index contributed by atoms with van der Waals surface area (Å²) in [6.07, 6.45) is 6.38. The third-order valence-electron chi connectivity index (χ3n) is 4.47. The van der Waals surface area contributed by atoms with Gasteiger partial charge in [-0.05, 0) is 36.0 Å². The first-order valence-corrected chi connectivity index (χ1v) is 7.66. The van der Waals surface area contributed by atoms with Crippen LogP contribution in [-0.4, -0.2) is 13.2 Å². The first-order chi connectivity index (χ1) is 9.19. The topological polar surface area (TPSA) is 18.5 Å². The van der Waals surface area contributed by atoms with E-state index in [0.29, 0.717) is 13.2 Å². The predicted octanol–water partition coefficient (Wildman–Crippen LogP) is 4.71. The van der Waals surface area contributed by atoms with Crippen molar-refractivity contribution in [3.8, 4) is 11.5 Å². The van der Waals surface area contributed by atoms with Gasteiger partial charge in [0.15, 0.2) is 11.5 Å². The van der Waals surface area contributed by atoms with E-state index in [1.807, 2.05) is 6.07 Å². The summed E-state index contributed by atoms with van der Waals surface area (Å²) in [5.74, 6) is 1.68. The molecule has 2 aliphatic rings. The molecule has 1 fully saturated rings. The zero-order valence-corrected chi connectivity index (χ0v) is 12.2. The second-order valence-corrected chi connectivity index (χ2v) is 6.42. The largest absolute Gasteiger partial charge is 0.486 e. The Morgan fingerprint density at radius 1 is 1.05 bits per heavy atom. The van der Waals surface area contributed by atoms with Crippen molar-refractivity contribution in [1.82, 2.24) is 0 Å². The molecular formula is C16H21ClO2. The molecule has 3 rings (SSSR count). The number of benzene rings is 1. The highest BCUT2D eigenvalue weighted by Crippen LogP contribution is 2.50. The Kier molecular flexibility index (Phi) is 3.62. The maximum Gasteiger partial charge on any atom is 0.161 e. The van der Waals surface area contributed by atoms with E-state index in [1.165, 1.54) is 32.1 Å². The van der Waals surface area contributed by atoms with Gasteiger partial charge >= 0.3 is 0 Å². The van der Waals surface area contributed by atoms with Crippen molar-refractivity contribution in [2.24, 2.45) is 5.41 Å². The molecule has 1 aliphatic heterocycles. The number of fused-ring (bicyclic) bond motifs is 1. The van der Waals surface area contributed by atoms with Crippen LogP contribution in [-0.2, 0) is 0 Å².